The molecule has 0 radical (unpaired) electrons. The van der Waals surface area contributed by atoms with Gasteiger partial charge in [-0.2, -0.15) is 0 Å². The predicted molar refractivity (Wildman–Crippen MR) is 69.1 cm³/mol. The molecule has 1 amide bonds. The highest BCUT2D eigenvalue weighted by Crippen LogP contribution is 2.21. The van der Waals surface area contributed by atoms with Crippen molar-refractivity contribution in [3.8, 4) is 0 Å². The van der Waals surface area contributed by atoms with Gasteiger partial charge in [-0.15, -0.1) is 11.8 Å². The molecule has 18 heavy (non-hydrogen) atoms. The van der Waals surface area contributed by atoms with Crippen LogP contribution in [0.4, 0.5) is 4.39 Å². The predicted octanol–water partition coefficient (Wildman–Crippen LogP) is 2.17. The Morgan fingerprint density at radius 2 is 2.33 bits per heavy atom. The Kier molecular flexibility index (Phi) is 4.60. The summed E-state index contributed by atoms with van der Waals surface area (Å²) in [7, 11) is 0. The first-order valence-corrected chi connectivity index (χ1v) is 6.92. The number of halogens is 1. The number of thioether (sulfide) groups is 1. The van der Waals surface area contributed by atoms with Crippen molar-refractivity contribution in [2.75, 3.05) is 25.4 Å². The lowest BCUT2D eigenvalue weighted by molar-refractivity contribution is -0.135. The average Bonchev–Trinajstić information content (AvgIpc) is 2.37. The standard InChI is InChI=1S/C13H16FNO2S/c1-10-8-15(6-7-17-10)13(16)9-18-12-5-3-2-4-11(12)14/h2-5,10H,6-9H2,1H3. The summed E-state index contributed by atoms with van der Waals surface area (Å²) in [4.78, 5) is 14.3. The van der Waals surface area contributed by atoms with Gasteiger partial charge < -0.3 is 9.64 Å². The summed E-state index contributed by atoms with van der Waals surface area (Å²) in [5.41, 5.74) is 0. The van der Waals surface area contributed by atoms with Gasteiger partial charge in [0.2, 0.25) is 5.91 Å². The van der Waals surface area contributed by atoms with E-state index < -0.39 is 0 Å². The zero-order valence-corrected chi connectivity index (χ0v) is 11.1. The van der Waals surface area contributed by atoms with Gasteiger partial charge >= 0.3 is 0 Å². The Morgan fingerprint density at radius 1 is 1.56 bits per heavy atom. The van der Waals surface area contributed by atoms with Crippen molar-refractivity contribution >= 4 is 17.7 Å². The van der Waals surface area contributed by atoms with E-state index >= 15 is 0 Å². The zero-order chi connectivity index (χ0) is 13.0. The number of nitrogens with zero attached hydrogens (tertiary/aromatic N) is 1. The van der Waals surface area contributed by atoms with E-state index in [1.54, 1.807) is 23.1 Å². The van der Waals surface area contributed by atoms with E-state index in [-0.39, 0.29) is 23.6 Å². The second-order valence-corrected chi connectivity index (χ2v) is 5.26. The molecule has 0 N–H and O–H groups in total. The summed E-state index contributed by atoms with van der Waals surface area (Å²) < 4.78 is 18.8. The van der Waals surface area contributed by atoms with E-state index in [2.05, 4.69) is 0 Å². The summed E-state index contributed by atoms with van der Waals surface area (Å²) in [6, 6.07) is 6.51. The fourth-order valence-electron chi connectivity index (χ4n) is 1.84. The minimum atomic E-state index is -0.273. The van der Waals surface area contributed by atoms with Gasteiger partial charge in [0.05, 0.1) is 18.5 Å². The van der Waals surface area contributed by atoms with E-state index in [1.165, 1.54) is 17.8 Å². The maximum absolute atomic E-state index is 13.4. The Morgan fingerprint density at radius 3 is 3.06 bits per heavy atom. The average molecular weight is 269 g/mol. The molecular formula is C13H16FNO2S. The van der Waals surface area contributed by atoms with Gasteiger partial charge in [0.15, 0.2) is 0 Å². The van der Waals surface area contributed by atoms with Gasteiger partial charge in [0, 0.05) is 18.0 Å². The maximum atomic E-state index is 13.4. The summed E-state index contributed by atoms with van der Waals surface area (Å²) in [5.74, 6) is 0.0391. The molecule has 5 heteroatoms. The third kappa shape index (κ3) is 3.46. The van der Waals surface area contributed by atoms with Crippen LogP contribution in [0.1, 0.15) is 6.92 Å². The van der Waals surface area contributed by atoms with Crippen molar-refractivity contribution in [3.63, 3.8) is 0 Å². The number of hydrogen-bond donors (Lipinski definition) is 0. The molecule has 1 atom stereocenters. The number of amides is 1. The second-order valence-electron chi connectivity index (χ2n) is 4.24. The van der Waals surface area contributed by atoms with Crippen molar-refractivity contribution in [3.05, 3.63) is 30.1 Å². The Balaban J connectivity index is 1.86. The molecule has 1 aliphatic rings. The quantitative estimate of drug-likeness (QED) is 0.788. The minimum Gasteiger partial charge on any atom is -0.375 e. The molecule has 2 rings (SSSR count). The molecule has 1 aliphatic heterocycles. The van der Waals surface area contributed by atoms with Gasteiger partial charge in [0.1, 0.15) is 5.82 Å². The molecule has 1 fully saturated rings. The van der Waals surface area contributed by atoms with Crippen molar-refractivity contribution < 1.29 is 13.9 Å². The van der Waals surface area contributed by atoms with Crippen LogP contribution in [0.3, 0.4) is 0 Å². The van der Waals surface area contributed by atoms with Crippen LogP contribution >= 0.6 is 11.8 Å². The second kappa shape index (κ2) is 6.20. The van der Waals surface area contributed by atoms with Crippen LogP contribution in [0.2, 0.25) is 0 Å². The molecule has 0 saturated carbocycles. The van der Waals surface area contributed by atoms with E-state index in [0.29, 0.717) is 24.6 Å². The van der Waals surface area contributed by atoms with Gasteiger partial charge in [-0.1, -0.05) is 12.1 Å². The minimum absolute atomic E-state index is 0.0402. The van der Waals surface area contributed by atoms with Crippen LogP contribution < -0.4 is 0 Å². The van der Waals surface area contributed by atoms with E-state index in [1.807, 2.05) is 6.92 Å². The lowest BCUT2D eigenvalue weighted by Gasteiger charge is -2.31. The molecule has 1 aromatic carbocycles. The van der Waals surface area contributed by atoms with Crippen molar-refractivity contribution in [2.24, 2.45) is 0 Å². The molecule has 0 bridgehead atoms. The summed E-state index contributed by atoms with van der Waals surface area (Å²) in [5, 5.41) is 0. The Labute approximate surface area is 110 Å². The molecule has 98 valence electrons. The van der Waals surface area contributed by atoms with E-state index in [9.17, 15) is 9.18 Å². The number of carbonyl (C=O) groups is 1. The number of rotatable bonds is 3. The largest absolute Gasteiger partial charge is 0.375 e. The molecule has 0 spiro atoms. The zero-order valence-electron chi connectivity index (χ0n) is 10.3. The molecule has 1 unspecified atom stereocenters. The molecule has 3 nitrogen and oxygen atoms in total. The fourth-order valence-corrected chi connectivity index (χ4v) is 2.68. The molecule has 1 heterocycles. The smallest absolute Gasteiger partial charge is 0.233 e. The van der Waals surface area contributed by atoms with Crippen LogP contribution in [0, 0.1) is 5.82 Å². The molecular weight excluding hydrogens is 253 g/mol. The van der Waals surface area contributed by atoms with Gasteiger partial charge in [-0.05, 0) is 19.1 Å². The van der Waals surface area contributed by atoms with E-state index in [4.69, 9.17) is 4.74 Å². The van der Waals surface area contributed by atoms with Crippen LogP contribution in [-0.2, 0) is 9.53 Å². The Bertz CT molecular complexity index is 427. The highest BCUT2D eigenvalue weighted by Gasteiger charge is 2.21. The number of benzene rings is 1. The number of ether oxygens (including phenoxy) is 1. The maximum Gasteiger partial charge on any atom is 0.233 e. The SMILES string of the molecule is CC1CN(C(=O)CSc2ccccc2F)CCO1. The third-order valence-corrected chi connectivity index (χ3v) is 3.81. The molecule has 1 aromatic rings. The highest BCUT2D eigenvalue weighted by molar-refractivity contribution is 8.00. The van der Waals surface area contributed by atoms with Crippen molar-refractivity contribution in [2.45, 2.75) is 17.9 Å². The topological polar surface area (TPSA) is 29.5 Å². The Hall–Kier alpha value is -1.07. The van der Waals surface area contributed by atoms with Crippen LogP contribution in [0.5, 0.6) is 0 Å². The van der Waals surface area contributed by atoms with Gasteiger partial charge in [0.25, 0.3) is 0 Å². The normalized spacial score (nSPS) is 19.9. The number of morpholine rings is 1. The van der Waals surface area contributed by atoms with Gasteiger partial charge in [-0.25, -0.2) is 4.39 Å². The first-order valence-electron chi connectivity index (χ1n) is 5.93. The highest BCUT2D eigenvalue weighted by atomic mass is 32.2. The van der Waals surface area contributed by atoms with Gasteiger partial charge in [-0.3, -0.25) is 4.79 Å². The first kappa shape index (κ1) is 13.4. The summed E-state index contributed by atoms with van der Waals surface area (Å²) >= 11 is 1.24. The third-order valence-electron chi connectivity index (χ3n) is 2.78. The fraction of sp³-hybridized carbons (Fsp3) is 0.462. The van der Waals surface area contributed by atoms with Crippen LogP contribution in [-0.4, -0.2) is 42.4 Å². The van der Waals surface area contributed by atoms with Crippen LogP contribution in [0.25, 0.3) is 0 Å². The molecule has 0 aromatic heterocycles. The van der Waals surface area contributed by atoms with Crippen molar-refractivity contribution in [1.82, 2.24) is 4.90 Å². The summed E-state index contributed by atoms with van der Waals surface area (Å²) in [6.07, 6.45) is 0.0844. The monoisotopic (exact) mass is 269 g/mol. The van der Waals surface area contributed by atoms with E-state index in [0.717, 1.165) is 0 Å². The molecule has 1 saturated heterocycles. The first-order chi connectivity index (χ1) is 8.66. The lowest BCUT2D eigenvalue weighted by atomic mass is 10.3. The molecule has 0 aliphatic carbocycles. The van der Waals surface area contributed by atoms with Crippen LogP contribution in [0.15, 0.2) is 29.2 Å². The van der Waals surface area contributed by atoms with Crippen molar-refractivity contribution in [1.29, 1.82) is 0 Å². The summed E-state index contributed by atoms with van der Waals surface area (Å²) in [6.45, 7) is 3.78. The number of carbonyl (C=O) groups excluding carboxylic acids is 1. The number of hydrogen-bond acceptors (Lipinski definition) is 3. The lowest BCUT2D eigenvalue weighted by Crippen LogP contribution is -2.45.